The molecule has 0 saturated carbocycles. The molecule has 1 aliphatic heterocycles. The lowest BCUT2D eigenvalue weighted by Gasteiger charge is -2.40. The summed E-state index contributed by atoms with van der Waals surface area (Å²) >= 11 is 6.79. The second kappa shape index (κ2) is 6.32. The minimum absolute atomic E-state index is 0.141. The van der Waals surface area contributed by atoms with Gasteiger partial charge in [-0.15, -0.1) is 0 Å². The highest BCUT2D eigenvalue weighted by Gasteiger charge is 2.38. The van der Waals surface area contributed by atoms with E-state index in [1.165, 1.54) is 6.07 Å². The van der Waals surface area contributed by atoms with Crippen molar-refractivity contribution in [3.8, 4) is 0 Å². The standard InChI is InChI=1S/C15H19FN2OS2/c1-10-4-3-5-11(12(10)16)13(19)18-8-6-15(21-2,7-9-18)14(17)20/h3-5H,6-9H2,1-2H3,(H2,17,20). The number of carbonyl (C=O) groups excluding carboxylic acids is 1. The number of likely N-dealkylation sites (tertiary alicyclic amines) is 1. The number of piperidine rings is 1. The number of nitrogens with two attached hydrogens (primary N) is 1. The number of amides is 1. The van der Waals surface area contributed by atoms with E-state index in [9.17, 15) is 9.18 Å². The fourth-order valence-electron chi connectivity index (χ4n) is 2.61. The monoisotopic (exact) mass is 326 g/mol. The molecular formula is C15H19FN2OS2. The van der Waals surface area contributed by atoms with Crippen LogP contribution in [-0.4, -0.2) is 39.9 Å². The van der Waals surface area contributed by atoms with Crippen LogP contribution in [0.3, 0.4) is 0 Å². The lowest BCUT2D eigenvalue weighted by atomic mass is 9.95. The molecule has 1 aromatic rings. The molecule has 3 nitrogen and oxygen atoms in total. The zero-order chi connectivity index (χ0) is 15.6. The molecule has 0 radical (unpaired) electrons. The third kappa shape index (κ3) is 3.06. The van der Waals surface area contributed by atoms with Crippen LogP contribution < -0.4 is 5.73 Å². The Hall–Kier alpha value is -1.14. The molecule has 1 aliphatic rings. The van der Waals surface area contributed by atoms with Gasteiger partial charge in [-0.25, -0.2) is 4.39 Å². The van der Waals surface area contributed by atoms with Gasteiger partial charge in [0, 0.05) is 13.1 Å². The van der Waals surface area contributed by atoms with E-state index in [-0.39, 0.29) is 16.2 Å². The van der Waals surface area contributed by atoms with E-state index in [0.717, 1.165) is 0 Å². The molecule has 114 valence electrons. The molecule has 0 bridgehead atoms. The smallest absolute Gasteiger partial charge is 0.256 e. The van der Waals surface area contributed by atoms with Gasteiger partial charge in [0.1, 0.15) is 5.82 Å². The Morgan fingerprint density at radius 1 is 1.43 bits per heavy atom. The molecule has 1 amide bonds. The Balaban J connectivity index is 2.14. The van der Waals surface area contributed by atoms with Crippen molar-refractivity contribution in [2.24, 2.45) is 5.73 Å². The van der Waals surface area contributed by atoms with Crippen LogP contribution in [0, 0.1) is 12.7 Å². The summed E-state index contributed by atoms with van der Waals surface area (Å²) in [6, 6.07) is 4.90. The Labute approximate surface area is 134 Å². The first-order valence-corrected chi connectivity index (χ1v) is 8.44. The van der Waals surface area contributed by atoms with Gasteiger partial charge in [-0.1, -0.05) is 24.4 Å². The summed E-state index contributed by atoms with van der Waals surface area (Å²) in [5, 5.41) is 0. The number of thioether (sulfide) groups is 1. The van der Waals surface area contributed by atoms with Gasteiger partial charge in [-0.3, -0.25) is 4.79 Å². The minimum atomic E-state index is -0.432. The number of aryl methyl sites for hydroxylation is 1. The number of rotatable bonds is 3. The van der Waals surface area contributed by atoms with Crippen LogP contribution in [0.2, 0.25) is 0 Å². The van der Waals surface area contributed by atoms with Crippen molar-refractivity contribution in [3.05, 3.63) is 35.1 Å². The number of nitrogens with zero attached hydrogens (tertiary/aromatic N) is 1. The van der Waals surface area contributed by atoms with Crippen molar-refractivity contribution < 1.29 is 9.18 Å². The molecule has 6 heteroatoms. The van der Waals surface area contributed by atoms with Gasteiger partial charge in [-0.2, -0.15) is 11.8 Å². The lowest BCUT2D eigenvalue weighted by molar-refractivity contribution is 0.0714. The van der Waals surface area contributed by atoms with Crippen LogP contribution in [-0.2, 0) is 0 Å². The summed E-state index contributed by atoms with van der Waals surface area (Å²) in [4.78, 5) is 14.6. The summed E-state index contributed by atoms with van der Waals surface area (Å²) in [6.07, 6.45) is 3.40. The zero-order valence-electron chi connectivity index (χ0n) is 12.2. The first-order valence-electron chi connectivity index (χ1n) is 6.81. The lowest BCUT2D eigenvalue weighted by Crippen LogP contribution is -2.50. The molecule has 0 spiro atoms. The molecule has 0 aliphatic carbocycles. The van der Waals surface area contributed by atoms with Crippen molar-refractivity contribution in [1.82, 2.24) is 4.90 Å². The average Bonchev–Trinajstić information content (AvgIpc) is 2.49. The number of hydrogen-bond donors (Lipinski definition) is 1. The van der Waals surface area contributed by atoms with E-state index in [4.69, 9.17) is 18.0 Å². The van der Waals surface area contributed by atoms with Gasteiger partial charge in [0.15, 0.2) is 0 Å². The molecule has 0 unspecified atom stereocenters. The number of thiocarbonyl (C=S) groups is 1. The molecule has 1 saturated heterocycles. The van der Waals surface area contributed by atoms with Crippen LogP contribution in [0.5, 0.6) is 0 Å². The van der Waals surface area contributed by atoms with Gasteiger partial charge < -0.3 is 10.6 Å². The van der Waals surface area contributed by atoms with E-state index in [1.807, 2.05) is 6.26 Å². The second-order valence-electron chi connectivity index (χ2n) is 5.29. The molecule has 2 rings (SSSR count). The number of carbonyl (C=O) groups is 1. The second-order valence-corrected chi connectivity index (χ2v) is 6.92. The molecule has 1 aromatic carbocycles. The highest BCUT2D eigenvalue weighted by molar-refractivity contribution is 8.02. The topological polar surface area (TPSA) is 46.3 Å². The van der Waals surface area contributed by atoms with Crippen LogP contribution in [0.25, 0.3) is 0 Å². The van der Waals surface area contributed by atoms with Gasteiger partial charge in [0.05, 0.1) is 15.3 Å². The SMILES string of the molecule is CSC1(C(N)=S)CCN(C(=O)c2cccc(C)c2F)CC1. The first-order chi connectivity index (χ1) is 9.91. The third-order valence-corrected chi connectivity index (χ3v) is 6.05. The van der Waals surface area contributed by atoms with E-state index in [1.54, 1.807) is 35.7 Å². The summed E-state index contributed by atoms with van der Waals surface area (Å²) in [6.45, 7) is 2.75. The van der Waals surface area contributed by atoms with E-state index >= 15 is 0 Å². The van der Waals surface area contributed by atoms with E-state index in [0.29, 0.717) is 36.5 Å². The summed E-state index contributed by atoms with van der Waals surface area (Å²) in [7, 11) is 0. The molecule has 2 N–H and O–H groups in total. The molecule has 0 atom stereocenters. The first kappa shape index (κ1) is 16.2. The quantitative estimate of drug-likeness (QED) is 0.868. The van der Waals surface area contributed by atoms with Crippen LogP contribution in [0.1, 0.15) is 28.8 Å². The van der Waals surface area contributed by atoms with Gasteiger partial charge in [-0.05, 0) is 37.7 Å². The van der Waals surface area contributed by atoms with Gasteiger partial charge >= 0.3 is 0 Å². The molecule has 1 heterocycles. The number of benzene rings is 1. The Kier molecular flexibility index (Phi) is 4.88. The molecular weight excluding hydrogens is 307 g/mol. The van der Waals surface area contributed by atoms with Crippen molar-refractivity contribution in [2.75, 3.05) is 19.3 Å². The van der Waals surface area contributed by atoms with E-state index < -0.39 is 5.82 Å². The predicted molar refractivity (Wildman–Crippen MR) is 89.3 cm³/mol. The Bertz CT molecular complexity index is 569. The molecule has 1 fully saturated rings. The number of halogens is 1. The van der Waals surface area contributed by atoms with Gasteiger partial charge in [0.2, 0.25) is 0 Å². The van der Waals surface area contributed by atoms with Crippen LogP contribution >= 0.6 is 24.0 Å². The molecule has 21 heavy (non-hydrogen) atoms. The third-order valence-electron chi connectivity index (χ3n) is 4.12. The maximum Gasteiger partial charge on any atom is 0.256 e. The van der Waals surface area contributed by atoms with Crippen LogP contribution in [0.4, 0.5) is 4.39 Å². The summed E-state index contributed by atoms with van der Waals surface area (Å²) < 4.78 is 13.8. The summed E-state index contributed by atoms with van der Waals surface area (Å²) in [5.41, 5.74) is 6.46. The fourth-order valence-corrected chi connectivity index (χ4v) is 3.85. The average molecular weight is 326 g/mol. The minimum Gasteiger partial charge on any atom is -0.392 e. The van der Waals surface area contributed by atoms with Crippen molar-refractivity contribution in [2.45, 2.75) is 24.5 Å². The highest BCUT2D eigenvalue weighted by Crippen LogP contribution is 2.35. The highest BCUT2D eigenvalue weighted by atomic mass is 32.2. The summed E-state index contributed by atoms with van der Waals surface area (Å²) in [5.74, 6) is -0.688. The van der Waals surface area contributed by atoms with E-state index in [2.05, 4.69) is 0 Å². The Morgan fingerprint density at radius 3 is 2.57 bits per heavy atom. The zero-order valence-corrected chi connectivity index (χ0v) is 13.8. The maximum absolute atomic E-state index is 14.1. The van der Waals surface area contributed by atoms with Crippen LogP contribution in [0.15, 0.2) is 18.2 Å². The van der Waals surface area contributed by atoms with Crippen molar-refractivity contribution in [3.63, 3.8) is 0 Å². The predicted octanol–water partition coefficient (Wildman–Crippen LogP) is 2.76. The maximum atomic E-state index is 14.1. The largest absolute Gasteiger partial charge is 0.392 e. The number of hydrogen-bond acceptors (Lipinski definition) is 3. The van der Waals surface area contributed by atoms with Crippen molar-refractivity contribution >= 4 is 34.9 Å². The Morgan fingerprint density at radius 2 is 2.05 bits per heavy atom. The molecule has 0 aromatic heterocycles. The van der Waals surface area contributed by atoms with Crippen molar-refractivity contribution in [1.29, 1.82) is 0 Å². The van der Waals surface area contributed by atoms with Gasteiger partial charge in [0.25, 0.3) is 5.91 Å². The fraction of sp³-hybridized carbons (Fsp3) is 0.467. The normalized spacial score (nSPS) is 17.6.